The van der Waals surface area contributed by atoms with Gasteiger partial charge in [0.25, 0.3) is 0 Å². The highest BCUT2D eigenvalue weighted by Gasteiger charge is 2.31. The third-order valence-electron chi connectivity index (χ3n) is 3.63. The molecule has 1 aliphatic heterocycles. The van der Waals surface area contributed by atoms with E-state index >= 15 is 0 Å². The Morgan fingerprint density at radius 1 is 1.45 bits per heavy atom. The summed E-state index contributed by atoms with van der Waals surface area (Å²) in [4.78, 5) is 21.9. The third kappa shape index (κ3) is 2.68. The van der Waals surface area contributed by atoms with Crippen LogP contribution >= 0.6 is 11.8 Å². The molecule has 1 N–H and O–H groups in total. The van der Waals surface area contributed by atoms with Crippen LogP contribution in [0.5, 0.6) is 0 Å². The topological polar surface area (TPSA) is 49.0 Å². The van der Waals surface area contributed by atoms with Gasteiger partial charge in [-0.1, -0.05) is 31.9 Å². The fourth-order valence-electron chi connectivity index (χ4n) is 2.55. The van der Waals surface area contributed by atoms with Crippen LogP contribution in [0.25, 0.3) is 11.0 Å². The molecule has 1 amide bonds. The second-order valence-corrected chi connectivity index (χ2v) is 6.30. The van der Waals surface area contributed by atoms with Gasteiger partial charge < -0.3 is 9.88 Å². The van der Waals surface area contributed by atoms with Crippen LogP contribution in [0.1, 0.15) is 32.0 Å². The maximum Gasteiger partial charge on any atom is 0.233 e. The molecular weight excluding hydrogens is 270 g/mol. The van der Waals surface area contributed by atoms with E-state index in [0.717, 1.165) is 23.3 Å². The maximum atomic E-state index is 12.0. The second-order valence-electron chi connectivity index (χ2n) is 5.13. The van der Waals surface area contributed by atoms with Crippen LogP contribution in [-0.2, 0) is 11.3 Å². The van der Waals surface area contributed by atoms with Crippen LogP contribution in [0, 0.1) is 0 Å². The molecule has 1 aromatic heterocycles. The molecule has 1 saturated heterocycles. The van der Waals surface area contributed by atoms with Crippen molar-refractivity contribution in [2.75, 3.05) is 5.75 Å². The van der Waals surface area contributed by atoms with Crippen LogP contribution < -0.4 is 0 Å². The highest BCUT2D eigenvalue weighted by Crippen LogP contribution is 2.30. The number of carbonyl (C=O) groups is 1. The Labute approximate surface area is 123 Å². The average Bonchev–Trinajstić information content (AvgIpc) is 3.01. The minimum Gasteiger partial charge on any atom is -0.340 e. The molecule has 0 bridgehead atoms. The van der Waals surface area contributed by atoms with Gasteiger partial charge >= 0.3 is 0 Å². The van der Waals surface area contributed by atoms with Gasteiger partial charge in [-0.25, -0.2) is 4.98 Å². The number of hydrogen-bond donors (Lipinski definition) is 1. The van der Waals surface area contributed by atoms with Gasteiger partial charge in [-0.2, -0.15) is 0 Å². The highest BCUT2D eigenvalue weighted by atomic mass is 32.2. The molecule has 20 heavy (non-hydrogen) atoms. The van der Waals surface area contributed by atoms with Crippen molar-refractivity contribution in [3.8, 4) is 0 Å². The first kappa shape index (κ1) is 13.5. The quantitative estimate of drug-likeness (QED) is 0.920. The molecule has 2 aromatic rings. The van der Waals surface area contributed by atoms with E-state index in [1.807, 2.05) is 29.2 Å². The predicted octanol–water partition coefficient (Wildman–Crippen LogP) is 3.15. The van der Waals surface area contributed by atoms with E-state index < -0.39 is 0 Å². The number of H-pyrrole nitrogens is 1. The molecule has 1 aromatic carbocycles. The molecule has 5 heteroatoms. The number of thioether (sulfide) groups is 1. The normalized spacial score (nSPS) is 19.1. The zero-order valence-electron chi connectivity index (χ0n) is 11.6. The summed E-state index contributed by atoms with van der Waals surface area (Å²) < 4.78 is 0. The summed E-state index contributed by atoms with van der Waals surface area (Å²) in [6.07, 6.45) is 3.42. The first-order valence-electron chi connectivity index (χ1n) is 7.12. The molecule has 1 atom stereocenters. The molecule has 106 valence electrons. The number of aromatic nitrogens is 2. The van der Waals surface area contributed by atoms with Crippen LogP contribution in [-0.4, -0.2) is 31.9 Å². The summed E-state index contributed by atoms with van der Waals surface area (Å²) in [5.41, 5.74) is 2.00. The molecule has 4 nitrogen and oxygen atoms in total. The summed E-state index contributed by atoms with van der Waals surface area (Å²) in [6.45, 7) is 2.78. The number of amides is 1. The van der Waals surface area contributed by atoms with Crippen molar-refractivity contribution in [3.05, 3.63) is 30.1 Å². The van der Waals surface area contributed by atoms with E-state index in [1.165, 1.54) is 12.8 Å². The van der Waals surface area contributed by atoms with Crippen molar-refractivity contribution in [3.63, 3.8) is 0 Å². The molecule has 2 heterocycles. The van der Waals surface area contributed by atoms with Crippen LogP contribution in [0.3, 0.4) is 0 Å². The number of aromatic amines is 1. The zero-order chi connectivity index (χ0) is 13.9. The first-order chi connectivity index (χ1) is 9.78. The molecular formula is C15H19N3OS. The van der Waals surface area contributed by atoms with Crippen molar-refractivity contribution in [1.82, 2.24) is 14.9 Å². The molecule has 1 aliphatic rings. The molecule has 0 saturated carbocycles. The number of rotatable bonds is 5. The third-order valence-corrected chi connectivity index (χ3v) is 4.92. The van der Waals surface area contributed by atoms with Crippen LogP contribution in [0.4, 0.5) is 0 Å². The van der Waals surface area contributed by atoms with Gasteiger partial charge in [-0.15, -0.1) is 11.8 Å². The summed E-state index contributed by atoms with van der Waals surface area (Å²) in [5.74, 6) is 1.72. The lowest BCUT2D eigenvalue weighted by Gasteiger charge is -2.22. The van der Waals surface area contributed by atoms with Gasteiger partial charge in [0.05, 0.1) is 28.7 Å². The fraction of sp³-hybridized carbons (Fsp3) is 0.467. The molecule has 0 spiro atoms. The van der Waals surface area contributed by atoms with Crippen molar-refractivity contribution >= 4 is 28.7 Å². The average molecular weight is 289 g/mol. The SMILES string of the molecule is CCCCC1SCC(=O)N1Cc1nc2ccccc2[nH]1. The number of para-hydroxylation sites is 2. The lowest BCUT2D eigenvalue weighted by molar-refractivity contribution is -0.128. The van der Waals surface area contributed by atoms with Gasteiger partial charge in [0.15, 0.2) is 0 Å². The van der Waals surface area contributed by atoms with E-state index in [-0.39, 0.29) is 5.91 Å². The van der Waals surface area contributed by atoms with Crippen LogP contribution in [0.15, 0.2) is 24.3 Å². The Hall–Kier alpha value is -1.49. The number of imidazole rings is 1. The monoisotopic (exact) mass is 289 g/mol. The Balaban J connectivity index is 1.75. The van der Waals surface area contributed by atoms with Gasteiger partial charge in [0.1, 0.15) is 5.82 Å². The second kappa shape index (κ2) is 5.87. The number of nitrogens with zero attached hydrogens (tertiary/aromatic N) is 2. The molecule has 0 aliphatic carbocycles. The Bertz CT molecular complexity index is 577. The molecule has 0 radical (unpaired) electrons. The number of unbranched alkanes of at least 4 members (excludes halogenated alkanes) is 1. The maximum absolute atomic E-state index is 12.0. The zero-order valence-corrected chi connectivity index (χ0v) is 12.4. The molecule has 1 fully saturated rings. The Morgan fingerprint density at radius 3 is 3.10 bits per heavy atom. The smallest absolute Gasteiger partial charge is 0.233 e. The van der Waals surface area contributed by atoms with Gasteiger partial charge in [-0.05, 0) is 18.6 Å². The van der Waals surface area contributed by atoms with E-state index in [4.69, 9.17) is 0 Å². The minimum atomic E-state index is 0.233. The van der Waals surface area contributed by atoms with Gasteiger partial charge in [0.2, 0.25) is 5.91 Å². The van der Waals surface area contributed by atoms with Gasteiger partial charge in [0, 0.05) is 0 Å². The Morgan fingerprint density at radius 2 is 2.30 bits per heavy atom. The Kier molecular flexibility index (Phi) is 3.96. The van der Waals surface area contributed by atoms with E-state index in [1.54, 1.807) is 11.8 Å². The van der Waals surface area contributed by atoms with E-state index in [2.05, 4.69) is 16.9 Å². The number of carbonyl (C=O) groups excluding carboxylic acids is 1. The van der Waals surface area contributed by atoms with Crippen LogP contribution in [0.2, 0.25) is 0 Å². The number of nitrogens with one attached hydrogen (secondary N) is 1. The lowest BCUT2D eigenvalue weighted by atomic mass is 10.2. The summed E-state index contributed by atoms with van der Waals surface area (Å²) in [6, 6.07) is 7.98. The number of benzene rings is 1. The fourth-order valence-corrected chi connectivity index (χ4v) is 3.76. The molecule has 1 unspecified atom stereocenters. The van der Waals surface area contributed by atoms with Crippen molar-refractivity contribution in [1.29, 1.82) is 0 Å². The minimum absolute atomic E-state index is 0.233. The summed E-state index contributed by atoms with van der Waals surface area (Å²) in [7, 11) is 0. The van der Waals surface area contributed by atoms with E-state index in [0.29, 0.717) is 17.7 Å². The standard InChI is InChI=1S/C15H19N3OS/c1-2-3-8-15-18(14(19)10-20-15)9-13-16-11-6-4-5-7-12(11)17-13/h4-7,15H,2-3,8-10H2,1H3,(H,16,17). The van der Waals surface area contributed by atoms with Gasteiger partial charge in [-0.3, -0.25) is 4.79 Å². The van der Waals surface area contributed by atoms with Crippen molar-refractivity contribution < 1.29 is 4.79 Å². The first-order valence-corrected chi connectivity index (χ1v) is 8.17. The highest BCUT2D eigenvalue weighted by molar-refractivity contribution is 8.00. The molecule has 3 rings (SSSR count). The van der Waals surface area contributed by atoms with Crippen molar-refractivity contribution in [2.24, 2.45) is 0 Å². The number of hydrogen-bond acceptors (Lipinski definition) is 3. The predicted molar refractivity (Wildman–Crippen MR) is 82.4 cm³/mol. The largest absolute Gasteiger partial charge is 0.340 e. The summed E-state index contributed by atoms with van der Waals surface area (Å²) in [5, 5.41) is 0.315. The summed E-state index contributed by atoms with van der Waals surface area (Å²) >= 11 is 1.76. The number of fused-ring (bicyclic) bond motifs is 1. The van der Waals surface area contributed by atoms with Crippen molar-refractivity contribution in [2.45, 2.75) is 38.1 Å². The lowest BCUT2D eigenvalue weighted by Crippen LogP contribution is -2.32. The van der Waals surface area contributed by atoms with E-state index in [9.17, 15) is 4.79 Å².